The van der Waals surface area contributed by atoms with Crippen LogP contribution in [0.3, 0.4) is 0 Å². The SMILES string of the molecule is Fc1cnc(NCC2CC3CCC2C3)nc1. The molecule has 0 radical (unpaired) electrons. The molecule has 1 aromatic rings. The van der Waals surface area contributed by atoms with Gasteiger partial charge in [-0.2, -0.15) is 0 Å². The van der Waals surface area contributed by atoms with Gasteiger partial charge in [-0.15, -0.1) is 0 Å². The average molecular weight is 221 g/mol. The minimum Gasteiger partial charge on any atom is -0.354 e. The summed E-state index contributed by atoms with van der Waals surface area (Å²) in [5, 5.41) is 3.21. The average Bonchev–Trinajstić information content (AvgIpc) is 2.90. The molecule has 86 valence electrons. The predicted molar refractivity (Wildman–Crippen MR) is 59.4 cm³/mol. The molecule has 0 amide bonds. The minimum atomic E-state index is -0.384. The monoisotopic (exact) mass is 221 g/mol. The van der Waals surface area contributed by atoms with E-state index in [1.165, 1.54) is 38.1 Å². The molecule has 16 heavy (non-hydrogen) atoms. The van der Waals surface area contributed by atoms with Crippen LogP contribution < -0.4 is 5.32 Å². The van der Waals surface area contributed by atoms with Crippen LogP contribution >= 0.6 is 0 Å². The number of nitrogens with one attached hydrogen (secondary N) is 1. The molecule has 1 N–H and O–H groups in total. The Morgan fingerprint density at radius 3 is 2.69 bits per heavy atom. The number of anilines is 1. The van der Waals surface area contributed by atoms with Gasteiger partial charge >= 0.3 is 0 Å². The van der Waals surface area contributed by atoms with E-state index in [0.29, 0.717) is 5.95 Å². The first-order chi connectivity index (χ1) is 7.81. The van der Waals surface area contributed by atoms with Crippen molar-refractivity contribution in [2.45, 2.75) is 25.7 Å². The zero-order valence-corrected chi connectivity index (χ0v) is 9.19. The molecule has 3 rings (SSSR count). The Hall–Kier alpha value is -1.19. The number of hydrogen-bond acceptors (Lipinski definition) is 3. The molecule has 3 atom stereocenters. The standard InChI is InChI=1S/C12H16FN3/c13-11-6-15-12(16-7-11)14-5-10-4-8-1-2-9(10)3-8/h6-10H,1-5H2,(H,14,15,16). The fourth-order valence-corrected chi connectivity index (χ4v) is 3.25. The first-order valence-electron chi connectivity index (χ1n) is 6.02. The highest BCUT2D eigenvalue weighted by molar-refractivity contribution is 5.22. The Morgan fingerprint density at radius 1 is 1.25 bits per heavy atom. The van der Waals surface area contributed by atoms with E-state index in [2.05, 4.69) is 15.3 Å². The first kappa shape index (κ1) is 10.00. The van der Waals surface area contributed by atoms with Crippen LogP contribution in [0.1, 0.15) is 25.7 Å². The maximum Gasteiger partial charge on any atom is 0.222 e. The summed E-state index contributed by atoms with van der Waals surface area (Å²) in [6, 6.07) is 0. The summed E-state index contributed by atoms with van der Waals surface area (Å²) in [5.41, 5.74) is 0. The zero-order valence-electron chi connectivity index (χ0n) is 9.19. The summed E-state index contributed by atoms with van der Waals surface area (Å²) < 4.78 is 12.6. The Kier molecular flexibility index (Phi) is 2.50. The van der Waals surface area contributed by atoms with Crippen LogP contribution in [0.25, 0.3) is 0 Å². The Morgan fingerprint density at radius 2 is 2.06 bits per heavy atom. The van der Waals surface area contributed by atoms with E-state index in [4.69, 9.17) is 0 Å². The first-order valence-corrected chi connectivity index (χ1v) is 6.02. The van der Waals surface area contributed by atoms with E-state index in [-0.39, 0.29) is 5.82 Å². The van der Waals surface area contributed by atoms with Gasteiger partial charge in [0.2, 0.25) is 5.95 Å². The number of aromatic nitrogens is 2. The quantitative estimate of drug-likeness (QED) is 0.852. The van der Waals surface area contributed by atoms with Crippen LogP contribution in [0, 0.1) is 23.6 Å². The van der Waals surface area contributed by atoms with Gasteiger partial charge in [0.1, 0.15) is 0 Å². The summed E-state index contributed by atoms with van der Waals surface area (Å²) in [5.74, 6) is 2.80. The molecule has 0 saturated heterocycles. The van der Waals surface area contributed by atoms with Crippen LogP contribution in [0.2, 0.25) is 0 Å². The van der Waals surface area contributed by atoms with Crippen molar-refractivity contribution in [1.82, 2.24) is 9.97 Å². The zero-order chi connectivity index (χ0) is 11.0. The minimum absolute atomic E-state index is 0.384. The number of fused-ring (bicyclic) bond motifs is 2. The van der Waals surface area contributed by atoms with Gasteiger partial charge in [0, 0.05) is 6.54 Å². The van der Waals surface area contributed by atoms with Crippen LogP contribution in [0.4, 0.5) is 10.3 Å². The van der Waals surface area contributed by atoms with Crippen LogP contribution in [-0.4, -0.2) is 16.5 Å². The molecule has 2 saturated carbocycles. The van der Waals surface area contributed by atoms with Gasteiger partial charge in [0.05, 0.1) is 12.4 Å². The molecule has 2 bridgehead atoms. The van der Waals surface area contributed by atoms with E-state index in [9.17, 15) is 4.39 Å². The second-order valence-electron chi connectivity index (χ2n) is 5.04. The van der Waals surface area contributed by atoms with Crippen molar-refractivity contribution in [3.05, 3.63) is 18.2 Å². The Balaban J connectivity index is 1.55. The van der Waals surface area contributed by atoms with Crippen LogP contribution in [0.15, 0.2) is 12.4 Å². The molecule has 2 aliphatic carbocycles. The normalized spacial score (nSPS) is 31.9. The van der Waals surface area contributed by atoms with Crippen molar-refractivity contribution in [3.8, 4) is 0 Å². The number of halogens is 1. The summed E-state index contributed by atoms with van der Waals surface area (Å²) in [6.07, 6.45) is 7.98. The fourth-order valence-electron chi connectivity index (χ4n) is 3.25. The third-order valence-corrected chi connectivity index (χ3v) is 4.03. The molecule has 2 fully saturated rings. The van der Waals surface area contributed by atoms with Gasteiger partial charge in [-0.3, -0.25) is 0 Å². The maximum absolute atomic E-state index is 12.6. The Labute approximate surface area is 94.5 Å². The number of rotatable bonds is 3. The van der Waals surface area contributed by atoms with Gasteiger partial charge in [-0.1, -0.05) is 6.42 Å². The van der Waals surface area contributed by atoms with Crippen molar-refractivity contribution >= 4 is 5.95 Å². The second kappa shape index (κ2) is 4.00. The van der Waals surface area contributed by atoms with Gasteiger partial charge < -0.3 is 5.32 Å². The van der Waals surface area contributed by atoms with Crippen LogP contribution in [-0.2, 0) is 0 Å². The summed E-state index contributed by atoms with van der Waals surface area (Å²) >= 11 is 0. The van der Waals surface area contributed by atoms with Crippen LogP contribution in [0.5, 0.6) is 0 Å². The molecule has 4 heteroatoms. The molecular formula is C12H16FN3. The van der Waals surface area contributed by atoms with Gasteiger partial charge in [0.25, 0.3) is 0 Å². The molecule has 1 aromatic heterocycles. The highest BCUT2D eigenvalue weighted by Gasteiger charge is 2.39. The molecule has 3 nitrogen and oxygen atoms in total. The highest BCUT2D eigenvalue weighted by Crippen LogP contribution is 2.48. The third kappa shape index (κ3) is 1.88. The molecule has 3 unspecified atom stereocenters. The summed E-state index contributed by atoms with van der Waals surface area (Å²) in [4.78, 5) is 7.81. The molecular weight excluding hydrogens is 205 g/mol. The fraction of sp³-hybridized carbons (Fsp3) is 0.667. The van der Waals surface area contributed by atoms with Crippen molar-refractivity contribution in [2.75, 3.05) is 11.9 Å². The van der Waals surface area contributed by atoms with Crippen molar-refractivity contribution in [2.24, 2.45) is 17.8 Å². The summed E-state index contributed by atoms with van der Waals surface area (Å²) in [6.45, 7) is 0.937. The van der Waals surface area contributed by atoms with Gasteiger partial charge in [0.15, 0.2) is 5.82 Å². The smallest absolute Gasteiger partial charge is 0.222 e. The lowest BCUT2D eigenvalue weighted by molar-refractivity contribution is 0.348. The van der Waals surface area contributed by atoms with E-state index in [1.54, 1.807) is 0 Å². The molecule has 0 aromatic carbocycles. The second-order valence-corrected chi connectivity index (χ2v) is 5.04. The maximum atomic E-state index is 12.6. The Bertz CT molecular complexity index is 365. The lowest BCUT2D eigenvalue weighted by Gasteiger charge is -2.21. The lowest BCUT2D eigenvalue weighted by Crippen LogP contribution is -2.20. The van der Waals surface area contributed by atoms with E-state index >= 15 is 0 Å². The predicted octanol–water partition coefficient (Wildman–Crippen LogP) is 2.46. The van der Waals surface area contributed by atoms with E-state index < -0.39 is 0 Å². The molecule has 2 aliphatic rings. The number of nitrogens with zero attached hydrogens (tertiary/aromatic N) is 2. The van der Waals surface area contributed by atoms with Gasteiger partial charge in [-0.05, 0) is 37.0 Å². The van der Waals surface area contributed by atoms with Crippen molar-refractivity contribution < 1.29 is 4.39 Å². The van der Waals surface area contributed by atoms with E-state index in [0.717, 1.165) is 24.3 Å². The lowest BCUT2D eigenvalue weighted by atomic mass is 9.89. The van der Waals surface area contributed by atoms with Crippen molar-refractivity contribution in [3.63, 3.8) is 0 Å². The number of hydrogen-bond donors (Lipinski definition) is 1. The molecule has 0 aliphatic heterocycles. The molecule has 1 heterocycles. The third-order valence-electron chi connectivity index (χ3n) is 4.03. The topological polar surface area (TPSA) is 37.8 Å². The van der Waals surface area contributed by atoms with E-state index in [1.807, 2.05) is 0 Å². The van der Waals surface area contributed by atoms with Gasteiger partial charge in [-0.25, -0.2) is 14.4 Å². The highest BCUT2D eigenvalue weighted by atomic mass is 19.1. The summed E-state index contributed by atoms with van der Waals surface area (Å²) in [7, 11) is 0. The largest absolute Gasteiger partial charge is 0.354 e. The van der Waals surface area contributed by atoms with Crippen molar-refractivity contribution in [1.29, 1.82) is 0 Å². The molecule has 0 spiro atoms.